The minimum absolute atomic E-state index is 0.0787. The van der Waals surface area contributed by atoms with E-state index in [1.807, 2.05) is 21.1 Å². The molecule has 0 fully saturated rings. The van der Waals surface area contributed by atoms with Gasteiger partial charge in [-0.1, -0.05) is 232 Å². The summed E-state index contributed by atoms with van der Waals surface area (Å²) >= 11 is 0. The number of carbonyl (C=O) groups excluding carboxylic acids is 1. The second-order valence-electron chi connectivity index (χ2n) is 18.6. The summed E-state index contributed by atoms with van der Waals surface area (Å²) in [5, 5.41) is 14.0. The molecule has 57 heavy (non-hydrogen) atoms. The standard InChI is InChI=1S/C48H99N2O6P/c1-6-8-10-12-14-16-18-20-21-22-23-24-25-26-27-28-30-32-34-36-38-40-42-48(52)49-46(45-56-57(53,54)55-44-43-50(3,4)5)47(51)41-39-37-35-33-31-29-19-17-15-13-11-9-7-2/h46-47,51H,6-45H2,1-5H3,(H-,49,52,53,54)/p+1/t46-,47+/m0/s1. The molecule has 0 saturated carbocycles. The molecule has 0 rings (SSSR count). The topological polar surface area (TPSA) is 105 Å². The summed E-state index contributed by atoms with van der Waals surface area (Å²) in [6.07, 6.45) is 45.6. The minimum atomic E-state index is -4.31. The van der Waals surface area contributed by atoms with Gasteiger partial charge in [-0.25, -0.2) is 4.57 Å². The Balaban J connectivity index is 4.17. The lowest BCUT2D eigenvalue weighted by Crippen LogP contribution is -2.46. The third-order valence-corrected chi connectivity index (χ3v) is 12.6. The van der Waals surface area contributed by atoms with Crippen molar-refractivity contribution in [3.05, 3.63) is 0 Å². The second kappa shape index (κ2) is 40.9. The number of hydrogen-bond donors (Lipinski definition) is 3. The number of quaternary nitrogens is 1. The predicted molar refractivity (Wildman–Crippen MR) is 245 cm³/mol. The highest BCUT2D eigenvalue weighted by atomic mass is 31.2. The number of likely N-dealkylation sites (N-methyl/N-ethyl adjacent to an activating group) is 1. The number of amides is 1. The normalized spacial score (nSPS) is 14.2. The van der Waals surface area contributed by atoms with Crippen molar-refractivity contribution in [2.45, 2.75) is 264 Å². The molecule has 1 unspecified atom stereocenters. The van der Waals surface area contributed by atoms with E-state index in [0.29, 0.717) is 23.9 Å². The molecule has 0 aromatic carbocycles. The predicted octanol–water partition coefficient (Wildman–Crippen LogP) is 14.1. The summed E-state index contributed by atoms with van der Waals surface area (Å²) in [6, 6.07) is -0.753. The van der Waals surface area contributed by atoms with Crippen molar-refractivity contribution in [3.8, 4) is 0 Å². The number of rotatable bonds is 46. The average molecular weight is 832 g/mol. The van der Waals surface area contributed by atoms with Crippen LogP contribution in [-0.4, -0.2) is 73.4 Å². The molecule has 342 valence electrons. The lowest BCUT2D eigenvalue weighted by Gasteiger charge is -2.26. The molecule has 0 spiro atoms. The van der Waals surface area contributed by atoms with Crippen LogP contribution in [-0.2, 0) is 18.4 Å². The van der Waals surface area contributed by atoms with Crippen LogP contribution in [0.2, 0.25) is 0 Å². The Labute approximate surface area is 355 Å². The molecule has 0 saturated heterocycles. The van der Waals surface area contributed by atoms with Gasteiger partial charge in [0, 0.05) is 6.42 Å². The summed E-state index contributed by atoms with van der Waals surface area (Å²) < 4.78 is 23.7. The molecular formula is C48H100N2O6P+. The average Bonchev–Trinajstić information content (AvgIpc) is 3.16. The number of carbonyl (C=O) groups is 1. The Kier molecular flexibility index (Phi) is 40.5. The van der Waals surface area contributed by atoms with Gasteiger partial charge in [0.25, 0.3) is 0 Å². The van der Waals surface area contributed by atoms with Crippen LogP contribution in [0.4, 0.5) is 0 Å². The summed E-state index contributed by atoms with van der Waals surface area (Å²) in [6.45, 7) is 4.92. The highest BCUT2D eigenvalue weighted by molar-refractivity contribution is 7.47. The molecular weight excluding hydrogens is 732 g/mol. The zero-order valence-corrected chi connectivity index (χ0v) is 39.8. The fourth-order valence-corrected chi connectivity index (χ4v) is 8.37. The summed E-state index contributed by atoms with van der Waals surface area (Å²) in [5.41, 5.74) is 0. The Morgan fingerprint density at radius 2 is 0.842 bits per heavy atom. The molecule has 0 aliphatic heterocycles. The van der Waals surface area contributed by atoms with E-state index in [0.717, 1.165) is 38.5 Å². The Morgan fingerprint density at radius 1 is 0.526 bits per heavy atom. The highest BCUT2D eigenvalue weighted by Gasteiger charge is 2.28. The van der Waals surface area contributed by atoms with Crippen LogP contribution in [0.1, 0.15) is 251 Å². The zero-order chi connectivity index (χ0) is 42.1. The Hall–Kier alpha value is -0.500. The van der Waals surface area contributed by atoms with E-state index >= 15 is 0 Å². The van der Waals surface area contributed by atoms with E-state index in [4.69, 9.17) is 9.05 Å². The SMILES string of the molecule is CCCCCCCCCCCCCCCCCCCCCCCCC(=O)N[C@@H](COP(=O)(O)OCC[N+](C)(C)C)[C@H](O)CCCCCCCCCCCCCCC. The maximum absolute atomic E-state index is 12.9. The fourth-order valence-electron chi connectivity index (χ4n) is 7.64. The van der Waals surface area contributed by atoms with Gasteiger partial charge in [-0.3, -0.25) is 13.8 Å². The monoisotopic (exact) mass is 832 g/mol. The van der Waals surface area contributed by atoms with Gasteiger partial charge >= 0.3 is 7.82 Å². The number of phosphoric ester groups is 1. The van der Waals surface area contributed by atoms with E-state index in [1.165, 1.54) is 186 Å². The highest BCUT2D eigenvalue weighted by Crippen LogP contribution is 2.43. The van der Waals surface area contributed by atoms with Crippen molar-refractivity contribution in [3.63, 3.8) is 0 Å². The van der Waals surface area contributed by atoms with Gasteiger partial charge in [0.15, 0.2) is 0 Å². The number of nitrogens with zero attached hydrogens (tertiary/aromatic N) is 1. The first-order chi connectivity index (χ1) is 27.5. The Morgan fingerprint density at radius 3 is 1.18 bits per heavy atom. The zero-order valence-electron chi connectivity index (χ0n) is 38.9. The van der Waals surface area contributed by atoms with E-state index < -0.39 is 20.0 Å². The number of hydrogen-bond acceptors (Lipinski definition) is 5. The minimum Gasteiger partial charge on any atom is -0.391 e. The number of unbranched alkanes of at least 4 members (excludes halogenated alkanes) is 33. The van der Waals surface area contributed by atoms with Crippen LogP contribution in [0.25, 0.3) is 0 Å². The summed E-state index contributed by atoms with van der Waals surface area (Å²) in [5.74, 6) is -0.139. The van der Waals surface area contributed by atoms with Gasteiger partial charge < -0.3 is 19.8 Å². The van der Waals surface area contributed by atoms with Crippen molar-refractivity contribution in [1.29, 1.82) is 0 Å². The van der Waals surface area contributed by atoms with E-state index in [1.54, 1.807) is 0 Å². The molecule has 0 radical (unpaired) electrons. The molecule has 3 atom stereocenters. The molecule has 9 heteroatoms. The van der Waals surface area contributed by atoms with Crippen LogP contribution in [0, 0.1) is 0 Å². The molecule has 0 bridgehead atoms. The summed E-state index contributed by atoms with van der Waals surface area (Å²) in [4.78, 5) is 23.2. The molecule has 0 aliphatic rings. The first kappa shape index (κ1) is 56.5. The molecule has 3 N–H and O–H groups in total. The number of phosphoric acid groups is 1. The first-order valence-corrected chi connectivity index (χ1v) is 26.4. The number of aliphatic hydroxyl groups excluding tert-OH is 1. The number of nitrogens with one attached hydrogen (secondary N) is 1. The number of aliphatic hydroxyl groups is 1. The molecule has 8 nitrogen and oxygen atoms in total. The maximum atomic E-state index is 12.9. The Bertz CT molecular complexity index is 901. The van der Waals surface area contributed by atoms with E-state index in [9.17, 15) is 19.4 Å². The second-order valence-corrected chi connectivity index (χ2v) is 20.0. The van der Waals surface area contributed by atoms with Crippen LogP contribution in [0.3, 0.4) is 0 Å². The van der Waals surface area contributed by atoms with Gasteiger partial charge in [-0.15, -0.1) is 0 Å². The fraction of sp³-hybridized carbons (Fsp3) is 0.979. The van der Waals surface area contributed by atoms with Gasteiger partial charge in [-0.2, -0.15) is 0 Å². The van der Waals surface area contributed by atoms with Gasteiger partial charge in [0.1, 0.15) is 13.2 Å². The van der Waals surface area contributed by atoms with Crippen molar-refractivity contribution in [1.82, 2.24) is 5.32 Å². The largest absolute Gasteiger partial charge is 0.472 e. The van der Waals surface area contributed by atoms with Crippen LogP contribution >= 0.6 is 7.82 Å². The van der Waals surface area contributed by atoms with Crippen molar-refractivity contribution >= 4 is 13.7 Å². The molecule has 0 aromatic heterocycles. The van der Waals surface area contributed by atoms with Crippen molar-refractivity contribution in [2.24, 2.45) is 0 Å². The lowest BCUT2D eigenvalue weighted by molar-refractivity contribution is -0.870. The third kappa shape index (κ3) is 43.4. The van der Waals surface area contributed by atoms with Crippen LogP contribution in [0.15, 0.2) is 0 Å². The quantitative estimate of drug-likeness (QED) is 0.0321. The van der Waals surface area contributed by atoms with Crippen molar-refractivity contribution < 1.29 is 32.9 Å². The van der Waals surface area contributed by atoms with E-state index in [2.05, 4.69) is 19.2 Å². The lowest BCUT2D eigenvalue weighted by atomic mass is 10.0. The van der Waals surface area contributed by atoms with Crippen LogP contribution < -0.4 is 5.32 Å². The smallest absolute Gasteiger partial charge is 0.391 e. The van der Waals surface area contributed by atoms with Gasteiger partial charge in [-0.05, 0) is 12.8 Å². The van der Waals surface area contributed by atoms with Gasteiger partial charge in [0.05, 0.1) is 39.9 Å². The third-order valence-electron chi connectivity index (χ3n) is 11.6. The van der Waals surface area contributed by atoms with Crippen molar-refractivity contribution in [2.75, 3.05) is 40.9 Å². The molecule has 0 aliphatic carbocycles. The van der Waals surface area contributed by atoms with Crippen LogP contribution in [0.5, 0.6) is 0 Å². The molecule has 0 heterocycles. The summed E-state index contributed by atoms with van der Waals surface area (Å²) in [7, 11) is 1.63. The molecule has 1 amide bonds. The molecule has 0 aromatic rings. The first-order valence-electron chi connectivity index (χ1n) is 24.9. The maximum Gasteiger partial charge on any atom is 0.472 e. The van der Waals surface area contributed by atoms with E-state index in [-0.39, 0.29) is 19.1 Å². The van der Waals surface area contributed by atoms with Gasteiger partial charge in [0.2, 0.25) is 5.91 Å².